The van der Waals surface area contributed by atoms with Gasteiger partial charge in [0.1, 0.15) is 12.4 Å². The lowest BCUT2D eigenvalue weighted by atomic mass is 9.89. The van der Waals surface area contributed by atoms with Crippen molar-refractivity contribution in [1.29, 1.82) is 0 Å². The van der Waals surface area contributed by atoms with E-state index < -0.39 is 0 Å². The van der Waals surface area contributed by atoms with E-state index in [1.54, 1.807) is 12.1 Å². The summed E-state index contributed by atoms with van der Waals surface area (Å²) >= 11 is 6.16. The molecule has 0 spiro atoms. The van der Waals surface area contributed by atoms with E-state index in [2.05, 4.69) is 23.5 Å². The molecule has 0 bridgehead atoms. The van der Waals surface area contributed by atoms with E-state index in [0.717, 1.165) is 17.5 Å². The van der Waals surface area contributed by atoms with Crippen molar-refractivity contribution in [3.63, 3.8) is 0 Å². The van der Waals surface area contributed by atoms with Crippen LogP contribution >= 0.6 is 11.6 Å². The summed E-state index contributed by atoms with van der Waals surface area (Å²) in [5.74, 6) is 0.618. The third-order valence-corrected chi connectivity index (χ3v) is 6.06. The lowest BCUT2D eigenvalue weighted by Gasteiger charge is -2.20. The number of carbonyl (C=O) groups excluding carboxylic acids is 1. The lowest BCUT2D eigenvalue weighted by Crippen LogP contribution is -2.26. The second kappa shape index (κ2) is 9.36. The first-order chi connectivity index (χ1) is 14.6. The Kier molecular flexibility index (Phi) is 6.39. The molecule has 0 saturated carbocycles. The average Bonchev–Trinajstić information content (AvgIpc) is 2.78. The molecule has 0 saturated heterocycles. The first kappa shape index (κ1) is 20.5. The van der Waals surface area contributed by atoms with Crippen molar-refractivity contribution in [1.82, 2.24) is 5.32 Å². The number of fused-ring (bicyclic) bond motifs is 1. The van der Waals surface area contributed by atoms with E-state index >= 15 is 0 Å². The molecule has 3 aromatic rings. The number of ether oxygens (including phenoxy) is 1. The van der Waals surface area contributed by atoms with Crippen molar-refractivity contribution in [2.45, 2.75) is 45.3 Å². The molecule has 0 heterocycles. The van der Waals surface area contributed by atoms with Gasteiger partial charge in [0.05, 0.1) is 6.04 Å². The van der Waals surface area contributed by atoms with Gasteiger partial charge in [0.2, 0.25) is 0 Å². The number of amides is 1. The molecule has 1 aliphatic carbocycles. The molecule has 0 aromatic heterocycles. The van der Waals surface area contributed by atoms with Gasteiger partial charge < -0.3 is 10.1 Å². The fourth-order valence-electron chi connectivity index (χ4n) is 3.87. The molecule has 4 heteroatoms. The molecule has 1 N–H and O–H groups in total. The molecule has 0 unspecified atom stereocenters. The highest BCUT2D eigenvalue weighted by atomic mass is 35.5. The zero-order chi connectivity index (χ0) is 20.9. The monoisotopic (exact) mass is 419 g/mol. The van der Waals surface area contributed by atoms with Crippen LogP contribution in [0.2, 0.25) is 5.02 Å². The first-order valence-electron chi connectivity index (χ1n) is 10.5. The van der Waals surface area contributed by atoms with Crippen LogP contribution in [-0.2, 0) is 19.4 Å². The second-order valence-electron chi connectivity index (χ2n) is 7.83. The van der Waals surface area contributed by atoms with Crippen LogP contribution in [0.1, 0.15) is 58.4 Å². The van der Waals surface area contributed by atoms with E-state index in [1.807, 2.05) is 43.3 Å². The van der Waals surface area contributed by atoms with Crippen molar-refractivity contribution in [3.05, 3.63) is 99.6 Å². The quantitative estimate of drug-likeness (QED) is 0.510. The molecule has 0 aliphatic heterocycles. The van der Waals surface area contributed by atoms with Crippen LogP contribution in [0, 0.1) is 0 Å². The molecule has 3 aromatic carbocycles. The van der Waals surface area contributed by atoms with Crippen LogP contribution < -0.4 is 10.1 Å². The van der Waals surface area contributed by atoms with Gasteiger partial charge in [-0.25, -0.2) is 0 Å². The summed E-state index contributed by atoms with van der Waals surface area (Å²) in [5, 5.41) is 3.79. The van der Waals surface area contributed by atoms with E-state index in [1.165, 1.54) is 30.4 Å². The Bertz CT molecular complexity index is 1030. The van der Waals surface area contributed by atoms with E-state index in [9.17, 15) is 4.79 Å². The summed E-state index contributed by atoms with van der Waals surface area (Å²) in [5.41, 5.74) is 5.59. The maximum Gasteiger partial charge on any atom is 0.251 e. The van der Waals surface area contributed by atoms with Gasteiger partial charge in [0, 0.05) is 16.1 Å². The Balaban J connectivity index is 1.36. The number of halogens is 1. The zero-order valence-electron chi connectivity index (χ0n) is 17.2. The summed E-state index contributed by atoms with van der Waals surface area (Å²) in [6.45, 7) is 2.42. The van der Waals surface area contributed by atoms with Crippen molar-refractivity contribution in [3.8, 4) is 5.75 Å². The van der Waals surface area contributed by atoms with Gasteiger partial charge in [0.15, 0.2) is 0 Å². The van der Waals surface area contributed by atoms with Gasteiger partial charge in [-0.1, -0.05) is 48.0 Å². The van der Waals surface area contributed by atoms with Crippen molar-refractivity contribution < 1.29 is 9.53 Å². The minimum atomic E-state index is -0.0853. The topological polar surface area (TPSA) is 38.3 Å². The highest BCUT2D eigenvalue weighted by Gasteiger charge is 2.15. The minimum absolute atomic E-state index is 0.0409. The molecule has 3 nitrogen and oxygen atoms in total. The minimum Gasteiger partial charge on any atom is -0.489 e. The molecular formula is C26H26ClNO2. The lowest BCUT2D eigenvalue weighted by molar-refractivity contribution is 0.0940. The van der Waals surface area contributed by atoms with Crippen LogP contribution in [0.25, 0.3) is 0 Å². The van der Waals surface area contributed by atoms with E-state index in [0.29, 0.717) is 22.9 Å². The van der Waals surface area contributed by atoms with Crippen LogP contribution in [0.4, 0.5) is 0 Å². The molecule has 1 amide bonds. The summed E-state index contributed by atoms with van der Waals surface area (Å²) in [4.78, 5) is 12.7. The fraction of sp³-hybridized carbons (Fsp3) is 0.269. The normalized spacial score (nSPS) is 13.9. The SMILES string of the molecule is C[C@H](NC(=O)c1ccc(OCc2ccccc2Cl)cc1)c1ccc2c(c1)CCCC2. The summed E-state index contributed by atoms with van der Waals surface area (Å²) in [6.07, 6.45) is 4.83. The number of benzene rings is 3. The standard InChI is InChI=1S/C26H26ClNO2/c1-18(21-11-10-19-6-2-3-7-22(19)16-21)28-26(29)20-12-14-24(15-13-20)30-17-23-8-4-5-9-25(23)27/h4-5,8-16,18H,2-3,6-7,17H2,1H3,(H,28,29)/t18-/m0/s1. The molecule has 0 radical (unpaired) electrons. The highest BCUT2D eigenvalue weighted by molar-refractivity contribution is 6.31. The zero-order valence-corrected chi connectivity index (χ0v) is 17.9. The predicted octanol–water partition coefficient (Wildman–Crippen LogP) is 6.29. The number of hydrogen-bond acceptors (Lipinski definition) is 2. The summed E-state index contributed by atoms with van der Waals surface area (Å²) in [7, 11) is 0. The third kappa shape index (κ3) is 4.85. The van der Waals surface area contributed by atoms with Crippen molar-refractivity contribution in [2.75, 3.05) is 0 Å². The molecule has 4 rings (SSSR count). The average molecular weight is 420 g/mol. The number of rotatable bonds is 6. The maximum absolute atomic E-state index is 12.7. The van der Waals surface area contributed by atoms with Crippen molar-refractivity contribution in [2.24, 2.45) is 0 Å². The molecule has 0 fully saturated rings. The maximum atomic E-state index is 12.7. The fourth-order valence-corrected chi connectivity index (χ4v) is 4.06. The van der Waals surface area contributed by atoms with Gasteiger partial charge >= 0.3 is 0 Å². The predicted molar refractivity (Wildman–Crippen MR) is 121 cm³/mol. The summed E-state index contributed by atoms with van der Waals surface area (Å²) < 4.78 is 5.79. The molecule has 154 valence electrons. The van der Waals surface area contributed by atoms with Gasteiger partial charge in [0.25, 0.3) is 5.91 Å². The third-order valence-electron chi connectivity index (χ3n) is 5.69. The first-order valence-corrected chi connectivity index (χ1v) is 10.9. The van der Waals surface area contributed by atoms with Gasteiger partial charge in [-0.15, -0.1) is 0 Å². The van der Waals surface area contributed by atoms with Gasteiger partial charge in [-0.2, -0.15) is 0 Å². The van der Waals surface area contributed by atoms with Gasteiger partial charge in [-0.05, 0) is 79.6 Å². The Morgan fingerprint density at radius 2 is 1.73 bits per heavy atom. The summed E-state index contributed by atoms with van der Waals surface area (Å²) in [6, 6.07) is 21.4. The van der Waals surface area contributed by atoms with Crippen LogP contribution in [0.3, 0.4) is 0 Å². The Morgan fingerprint density at radius 3 is 2.50 bits per heavy atom. The largest absolute Gasteiger partial charge is 0.489 e. The smallest absolute Gasteiger partial charge is 0.251 e. The number of hydrogen-bond donors (Lipinski definition) is 1. The number of nitrogens with one attached hydrogen (secondary N) is 1. The Hall–Kier alpha value is -2.78. The van der Waals surface area contributed by atoms with Crippen molar-refractivity contribution >= 4 is 17.5 Å². The van der Waals surface area contributed by atoms with Gasteiger partial charge in [-0.3, -0.25) is 4.79 Å². The Labute approximate surface area is 183 Å². The second-order valence-corrected chi connectivity index (χ2v) is 8.24. The molecule has 30 heavy (non-hydrogen) atoms. The van der Waals surface area contributed by atoms with E-state index in [-0.39, 0.29) is 11.9 Å². The van der Waals surface area contributed by atoms with E-state index in [4.69, 9.17) is 16.3 Å². The van der Waals surface area contributed by atoms with Crippen LogP contribution in [0.15, 0.2) is 66.7 Å². The molecule has 1 aliphatic rings. The van der Waals surface area contributed by atoms with Crippen LogP contribution in [0.5, 0.6) is 5.75 Å². The van der Waals surface area contributed by atoms with Crippen LogP contribution in [-0.4, -0.2) is 5.91 Å². The number of aryl methyl sites for hydroxylation is 2. The molecule has 1 atom stereocenters. The Morgan fingerprint density at radius 1 is 1.00 bits per heavy atom. The number of carbonyl (C=O) groups is 1. The molecular weight excluding hydrogens is 394 g/mol. The highest BCUT2D eigenvalue weighted by Crippen LogP contribution is 2.25.